The van der Waals surface area contributed by atoms with E-state index in [0.717, 1.165) is 16.3 Å². The van der Waals surface area contributed by atoms with Gasteiger partial charge in [0.05, 0.1) is 11.4 Å². The minimum absolute atomic E-state index is 0.0137. The van der Waals surface area contributed by atoms with Crippen molar-refractivity contribution in [1.82, 2.24) is 4.98 Å². The van der Waals surface area contributed by atoms with Crippen LogP contribution in [0.3, 0.4) is 0 Å². The van der Waals surface area contributed by atoms with Crippen molar-refractivity contribution in [2.45, 2.75) is 24.5 Å². The van der Waals surface area contributed by atoms with Crippen LogP contribution < -0.4 is 0 Å². The Kier molecular flexibility index (Phi) is 5.20. The van der Waals surface area contributed by atoms with Gasteiger partial charge in [-0.2, -0.15) is 0 Å². The first-order chi connectivity index (χ1) is 11.2. The zero-order chi connectivity index (χ0) is 16.2. The average Bonchev–Trinajstić information content (AvgIpc) is 3.03. The molecule has 0 unspecified atom stereocenters. The molecule has 0 radical (unpaired) electrons. The Balaban J connectivity index is 1.73. The Morgan fingerprint density at radius 2 is 1.96 bits per heavy atom. The first-order valence-electron chi connectivity index (χ1n) is 7.46. The van der Waals surface area contributed by atoms with Gasteiger partial charge < -0.3 is 4.74 Å². The molecule has 3 rings (SSSR count). The fourth-order valence-electron chi connectivity index (χ4n) is 2.48. The summed E-state index contributed by atoms with van der Waals surface area (Å²) in [5.41, 5.74) is 2.01. The number of nitrogens with zero attached hydrogens (tertiary/aromatic N) is 1. The molecule has 2 atom stereocenters. The van der Waals surface area contributed by atoms with Crippen molar-refractivity contribution in [3.05, 3.63) is 64.1 Å². The molecule has 0 N–H and O–H groups in total. The molecule has 0 saturated heterocycles. The zero-order valence-electron chi connectivity index (χ0n) is 13.2. The van der Waals surface area contributed by atoms with Gasteiger partial charge in [0.15, 0.2) is 0 Å². The molecule has 0 bridgehead atoms. The van der Waals surface area contributed by atoms with E-state index in [1.165, 1.54) is 10.8 Å². The van der Waals surface area contributed by atoms with Crippen molar-refractivity contribution in [3.8, 4) is 0 Å². The van der Waals surface area contributed by atoms with Crippen LogP contribution in [0.15, 0.2) is 47.8 Å². The van der Waals surface area contributed by atoms with E-state index >= 15 is 0 Å². The second-order valence-electron chi connectivity index (χ2n) is 5.42. The van der Waals surface area contributed by atoms with Gasteiger partial charge in [-0.25, -0.2) is 4.98 Å². The Hall–Kier alpha value is -1.56. The molecule has 0 fully saturated rings. The van der Waals surface area contributed by atoms with Crippen molar-refractivity contribution in [3.63, 3.8) is 0 Å². The molecule has 120 valence electrons. The van der Waals surface area contributed by atoms with Gasteiger partial charge in [-0.15, -0.1) is 11.3 Å². The molecule has 1 heterocycles. The summed E-state index contributed by atoms with van der Waals surface area (Å²) in [5.74, 6) is 1.03. The van der Waals surface area contributed by atoms with Crippen LogP contribution in [0.2, 0.25) is 0 Å². The van der Waals surface area contributed by atoms with Gasteiger partial charge in [0.1, 0.15) is 11.1 Å². The second kappa shape index (κ2) is 7.34. The maximum atomic E-state index is 12.5. The summed E-state index contributed by atoms with van der Waals surface area (Å²) < 4.78 is 17.8. The first-order valence-corrected chi connectivity index (χ1v) is 9.83. The van der Waals surface area contributed by atoms with E-state index in [9.17, 15) is 4.21 Å². The van der Waals surface area contributed by atoms with Crippen LogP contribution in [0, 0.1) is 0 Å². The fraction of sp³-hybridized carbons (Fsp3) is 0.278. The smallest absolute Gasteiger partial charge is 0.122 e. The number of hydrogen-bond donors (Lipinski definition) is 0. The lowest BCUT2D eigenvalue weighted by molar-refractivity contribution is 0.119. The Bertz CT molecular complexity index is 823. The Morgan fingerprint density at radius 3 is 2.78 bits per heavy atom. The van der Waals surface area contributed by atoms with Crippen molar-refractivity contribution in [2.75, 3.05) is 7.11 Å². The van der Waals surface area contributed by atoms with Gasteiger partial charge in [-0.3, -0.25) is 4.21 Å². The van der Waals surface area contributed by atoms with E-state index in [1.54, 1.807) is 18.4 Å². The van der Waals surface area contributed by atoms with Crippen LogP contribution >= 0.6 is 11.3 Å². The van der Waals surface area contributed by atoms with Gasteiger partial charge in [-0.1, -0.05) is 42.5 Å². The number of ether oxygens (including phenoxy) is 1. The van der Waals surface area contributed by atoms with Gasteiger partial charge in [0, 0.05) is 29.0 Å². The molecule has 0 spiro atoms. The third-order valence-corrected chi connectivity index (χ3v) is 6.08. The van der Waals surface area contributed by atoms with Crippen LogP contribution in [0.4, 0.5) is 0 Å². The molecule has 3 nitrogen and oxygen atoms in total. The number of hydrogen-bond acceptors (Lipinski definition) is 4. The predicted octanol–water partition coefficient (Wildman–Crippen LogP) is 4.45. The molecule has 3 aromatic rings. The van der Waals surface area contributed by atoms with E-state index < -0.39 is 10.8 Å². The number of rotatable bonds is 6. The minimum atomic E-state index is -0.976. The van der Waals surface area contributed by atoms with Crippen molar-refractivity contribution in [1.29, 1.82) is 0 Å². The predicted molar refractivity (Wildman–Crippen MR) is 97.0 cm³/mol. The summed E-state index contributed by atoms with van der Waals surface area (Å²) in [5, 5.41) is 5.28. The third-order valence-electron chi connectivity index (χ3n) is 3.78. The number of aromatic nitrogens is 1. The van der Waals surface area contributed by atoms with E-state index in [1.807, 2.05) is 30.5 Å². The van der Waals surface area contributed by atoms with E-state index in [4.69, 9.17) is 4.74 Å². The van der Waals surface area contributed by atoms with Gasteiger partial charge in [0.2, 0.25) is 0 Å². The van der Waals surface area contributed by atoms with Crippen LogP contribution in [-0.2, 0) is 27.0 Å². The van der Waals surface area contributed by atoms with Crippen LogP contribution in [0.1, 0.15) is 29.3 Å². The fourth-order valence-corrected chi connectivity index (χ4v) is 4.62. The maximum Gasteiger partial charge on any atom is 0.122 e. The number of fused-ring (bicyclic) bond motifs is 1. The van der Waals surface area contributed by atoms with E-state index in [2.05, 4.69) is 29.2 Å². The van der Waals surface area contributed by atoms with Crippen LogP contribution in [-0.4, -0.2) is 16.3 Å². The lowest BCUT2D eigenvalue weighted by atomic mass is 10.1. The minimum Gasteiger partial charge on any atom is -0.375 e. The molecular weight excluding hydrogens is 326 g/mol. The lowest BCUT2D eigenvalue weighted by Crippen LogP contribution is -2.01. The number of thiazole rings is 1. The summed E-state index contributed by atoms with van der Waals surface area (Å²) in [4.78, 5) is 4.53. The highest BCUT2D eigenvalue weighted by Gasteiger charge is 2.12. The van der Waals surface area contributed by atoms with Crippen LogP contribution in [0.25, 0.3) is 10.8 Å². The highest BCUT2D eigenvalue weighted by molar-refractivity contribution is 7.83. The summed E-state index contributed by atoms with van der Waals surface area (Å²) in [6, 6.07) is 14.4. The summed E-state index contributed by atoms with van der Waals surface area (Å²) in [6.07, 6.45) is -0.0137. The molecule has 0 aliphatic rings. The Morgan fingerprint density at radius 1 is 1.17 bits per heavy atom. The highest BCUT2D eigenvalue weighted by atomic mass is 32.2. The molecule has 0 aliphatic carbocycles. The van der Waals surface area contributed by atoms with E-state index in [0.29, 0.717) is 11.5 Å². The quantitative estimate of drug-likeness (QED) is 0.662. The summed E-state index contributed by atoms with van der Waals surface area (Å²) in [7, 11) is 0.695. The number of methoxy groups -OCH3 is 1. The molecule has 0 saturated carbocycles. The standard InChI is InChI=1S/C18H19NO2S2/c1-13(21-2)18-19-16(10-22-18)12-23(20)11-15-8-5-7-14-6-3-4-9-17(14)15/h3-10,13H,11-12H2,1-2H3/t13-,23-/m1/s1. The monoisotopic (exact) mass is 345 g/mol. The van der Waals surface area contributed by atoms with Crippen molar-refractivity contribution < 1.29 is 8.95 Å². The van der Waals surface area contributed by atoms with E-state index in [-0.39, 0.29) is 6.10 Å². The molecule has 2 aromatic carbocycles. The third kappa shape index (κ3) is 3.86. The first kappa shape index (κ1) is 16.3. The maximum absolute atomic E-state index is 12.5. The molecule has 23 heavy (non-hydrogen) atoms. The number of benzene rings is 2. The lowest BCUT2D eigenvalue weighted by Gasteiger charge is -2.06. The topological polar surface area (TPSA) is 39.2 Å². The second-order valence-corrected chi connectivity index (χ2v) is 7.77. The normalized spacial score (nSPS) is 14.0. The average molecular weight is 345 g/mol. The van der Waals surface area contributed by atoms with Crippen molar-refractivity contribution >= 4 is 32.9 Å². The summed E-state index contributed by atoms with van der Waals surface area (Å²) >= 11 is 1.56. The molecule has 1 aromatic heterocycles. The largest absolute Gasteiger partial charge is 0.375 e. The van der Waals surface area contributed by atoms with Crippen molar-refractivity contribution in [2.24, 2.45) is 0 Å². The molecule has 0 aliphatic heterocycles. The molecular formula is C18H19NO2S2. The Labute approximate surface area is 142 Å². The SMILES string of the molecule is CO[C@H](C)c1nc(C[S@](=O)Cc2cccc3ccccc23)cs1. The molecule has 0 amide bonds. The molecule has 5 heteroatoms. The van der Waals surface area contributed by atoms with Crippen LogP contribution in [0.5, 0.6) is 0 Å². The zero-order valence-corrected chi connectivity index (χ0v) is 14.8. The highest BCUT2D eigenvalue weighted by Crippen LogP contribution is 2.23. The van der Waals surface area contributed by atoms with Gasteiger partial charge in [-0.05, 0) is 23.3 Å². The summed E-state index contributed by atoms with van der Waals surface area (Å²) in [6.45, 7) is 1.97. The van der Waals surface area contributed by atoms with Gasteiger partial charge in [0.25, 0.3) is 0 Å². The van der Waals surface area contributed by atoms with Gasteiger partial charge >= 0.3 is 0 Å².